The number of rotatable bonds is 7. The fraction of sp³-hybridized carbons (Fsp3) is 0.412. The minimum absolute atomic E-state index is 0.0264. The van der Waals surface area contributed by atoms with Crippen LogP contribution < -0.4 is 11.1 Å². The van der Waals surface area contributed by atoms with Gasteiger partial charge >= 0.3 is 0 Å². The molecule has 0 saturated carbocycles. The van der Waals surface area contributed by atoms with E-state index >= 15 is 0 Å². The Bertz CT molecular complexity index is 610. The molecule has 3 N–H and O–H groups in total. The lowest BCUT2D eigenvalue weighted by Gasteiger charge is -2.16. The van der Waals surface area contributed by atoms with Crippen molar-refractivity contribution in [2.45, 2.75) is 39.2 Å². The minimum Gasteiger partial charge on any atom is -0.347 e. The zero-order valence-electron chi connectivity index (χ0n) is 13.1. The summed E-state index contributed by atoms with van der Waals surface area (Å²) in [5.74, 6) is -0.0731. The number of aryl methyl sites for hydroxylation is 1. The first-order valence-corrected chi connectivity index (χ1v) is 8.51. The number of hydrogen-bond acceptors (Lipinski definition) is 4. The van der Waals surface area contributed by atoms with Gasteiger partial charge in [-0.25, -0.2) is 4.98 Å². The topological polar surface area (TPSA) is 68.0 Å². The maximum absolute atomic E-state index is 12.6. The lowest BCUT2D eigenvalue weighted by Crippen LogP contribution is -2.40. The summed E-state index contributed by atoms with van der Waals surface area (Å²) < 4.78 is 0. The van der Waals surface area contributed by atoms with Crippen LogP contribution in [-0.2, 0) is 0 Å². The number of unbranched alkanes of at least 4 members (excludes halogenated alkanes) is 1. The second kappa shape index (κ2) is 8.06. The molecule has 0 spiro atoms. The van der Waals surface area contributed by atoms with Gasteiger partial charge in [0.15, 0.2) is 0 Å². The van der Waals surface area contributed by atoms with Crippen LogP contribution in [0.1, 0.15) is 40.9 Å². The number of nitrogens with two attached hydrogens (primary N) is 1. The molecular weight excluding hydrogens is 294 g/mol. The Morgan fingerprint density at radius 1 is 1.36 bits per heavy atom. The van der Waals surface area contributed by atoms with E-state index in [4.69, 9.17) is 5.73 Å². The highest BCUT2D eigenvalue weighted by Crippen LogP contribution is 2.27. The van der Waals surface area contributed by atoms with Gasteiger partial charge in [0.2, 0.25) is 0 Å². The van der Waals surface area contributed by atoms with Gasteiger partial charge in [0.25, 0.3) is 5.91 Å². The van der Waals surface area contributed by atoms with E-state index < -0.39 is 0 Å². The van der Waals surface area contributed by atoms with E-state index in [1.54, 1.807) is 0 Å². The van der Waals surface area contributed by atoms with Crippen molar-refractivity contribution in [3.05, 3.63) is 40.2 Å². The van der Waals surface area contributed by atoms with Crippen molar-refractivity contribution >= 4 is 17.2 Å². The number of nitrogens with one attached hydrogen (secondary N) is 1. The maximum Gasteiger partial charge on any atom is 0.263 e. The van der Waals surface area contributed by atoms with Crippen LogP contribution in [0, 0.1) is 6.92 Å². The lowest BCUT2D eigenvalue weighted by atomic mass is 10.1. The standard InChI is InChI=1S/C17H23N3OS/c1-3-4-10-14(11-18)20-17(21)16-15(19-12(2)22-16)13-8-6-5-7-9-13/h5-9,14H,3-4,10-11,18H2,1-2H3,(H,20,21). The highest BCUT2D eigenvalue weighted by Gasteiger charge is 2.20. The molecule has 22 heavy (non-hydrogen) atoms. The maximum atomic E-state index is 12.6. The molecule has 1 heterocycles. The van der Waals surface area contributed by atoms with Gasteiger partial charge in [-0.15, -0.1) is 11.3 Å². The Morgan fingerprint density at radius 2 is 2.09 bits per heavy atom. The van der Waals surface area contributed by atoms with Crippen molar-refractivity contribution in [1.29, 1.82) is 0 Å². The highest BCUT2D eigenvalue weighted by molar-refractivity contribution is 7.14. The molecule has 0 radical (unpaired) electrons. The molecule has 2 aromatic rings. The summed E-state index contributed by atoms with van der Waals surface area (Å²) in [5.41, 5.74) is 7.49. The largest absolute Gasteiger partial charge is 0.347 e. The molecule has 1 unspecified atom stereocenters. The van der Waals surface area contributed by atoms with Crippen molar-refractivity contribution in [3.8, 4) is 11.3 Å². The van der Waals surface area contributed by atoms with Crippen LogP contribution in [0.3, 0.4) is 0 Å². The summed E-state index contributed by atoms with van der Waals surface area (Å²) in [4.78, 5) is 17.8. The molecule has 0 aliphatic carbocycles. The van der Waals surface area contributed by atoms with Gasteiger partial charge in [-0.2, -0.15) is 0 Å². The first kappa shape index (κ1) is 16.6. The van der Waals surface area contributed by atoms with Gasteiger partial charge in [-0.3, -0.25) is 4.79 Å². The molecule has 5 heteroatoms. The third-order valence-electron chi connectivity index (χ3n) is 3.51. The number of amides is 1. The Labute approximate surface area is 135 Å². The first-order chi connectivity index (χ1) is 10.7. The summed E-state index contributed by atoms with van der Waals surface area (Å²) in [6, 6.07) is 9.84. The van der Waals surface area contributed by atoms with Crippen molar-refractivity contribution < 1.29 is 4.79 Å². The van der Waals surface area contributed by atoms with Crippen LogP contribution in [0.5, 0.6) is 0 Å². The molecule has 1 aromatic heterocycles. The number of thiazole rings is 1. The van der Waals surface area contributed by atoms with Crippen molar-refractivity contribution in [2.75, 3.05) is 6.54 Å². The van der Waals surface area contributed by atoms with Gasteiger partial charge in [0, 0.05) is 18.2 Å². The number of carbonyl (C=O) groups is 1. The van der Waals surface area contributed by atoms with Gasteiger partial charge in [-0.05, 0) is 13.3 Å². The molecule has 118 valence electrons. The molecule has 0 aliphatic rings. The van der Waals surface area contributed by atoms with Crippen molar-refractivity contribution in [3.63, 3.8) is 0 Å². The van der Waals surface area contributed by atoms with E-state index in [0.717, 1.165) is 35.5 Å². The second-order valence-corrected chi connectivity index (χ2v) is 6.53. The normalized spacial score (nSPS) is 12.1. The Morgan fingerprint density at radius 3 is 2.73 bits per heavy atom. The zero-order valence-corrected chi connectivity index (χ0v) is 14.0. The van der Waals surface area contributed by atoms with Gasteiger partial charge in [-0.1, -0.05) is 50.1 Å². The summed E-state index contributed by atoms with van der Waals surface area (Å²) >= 11 is 1.43. The van der Waals surface area contributed by atoms with E-state index in [1.165, 1.54) is 11.3 Å². The van der Waals surface area contributed by atoms with Crippen LogP contribution in [0.2, 0.25) is 0 Å². The first-order valence-electron chi connectivity index (χ1n) is 7.69. The molecule has 0 bridgehead atoms. The van der Waals surface area contributed by atoms with Crippen LogP contribution in [0.4, 0.5) is 0 Å². The third kappa shape index (κ3) is 4.15. The highest BCUT2D eigenvalue weighted by atomic mass is 32.1. The summed E-state index contributed by atoms with van der Waals surface area (Å²) in [6.07, 6.45) is 3.08. The quantitative estimate of drug-likeness (QED) is 0.822. The van der Waals surface area contributed by atoms with E-state index in [9.17, 15) is 4.79 Å². The Hall–Kier alpha value is -1.72. The SMILES string of the molecule is CCCCC(CN)NC(=O)c1sc(C)nc1-c1ccccc1. The van der Waals surface area contributed by atoms with Crippen molar-refractivity contribution in [1.82, 2.24) is 10.3 Å². The average Bonchev–Trinajstić information content (AvgIpc) is 2.94. The molecule has 0 fully saturated rings. The molecule has 0 aliphatic heterocycles. The fourth-order valence-electron chi connectivity index (χ4n) is 2.32. The fourth-order valence-corrected chi connectivity index (χ4v) is 3.17. The summed E-state index contributed by atoms with van der Waals surface area (Å²) in [7, 11) is 0. The third-order valence-corrected chi connectivity index (χ3v) is 4.48. The Balaban J connectivity index is 2.19. The molecule has 1 amide bonds. The molecule has 0 saturated heterocycles. The van der Waals surface area contributed by atoms with E-state index in [1.807, 2.05) is 37.3 Å². The predicted molar refractivity (Wildman–Crippen MR) is 92.1 cm³/mol. The molecule has 1 aromatic carbocycles. The monoisotopic (exact) mass is 317 g/mol. The number of carbonyl (C=O) groups excluding carboxylic acids is 1. The van der Waals surface area contributed by atoms with Gasteiger partial charge in [0.05, 0.1) is 10.7 Å². The zero-order chi connectivity index (χ0) is 15.9. The second-order valence-electron chi connectivity index (χ2n) is 5.32. The van der Waals surface area contributed by atoms with E-state index in [0.29, 0.717) is 11.4 Å². The molecule has 2 rings (SSSR count). The van der Waals surface area contributed by atoms with Crippen LogP contribution >= 0.6 is 11.3 Å². The lowest BCUT2D eigenvalue weighted by molar-refractivity contribution is 0.0940. The van der Waals surface area contributed by atoms with Gasteiger partial charge < -0.3 is 11.1 Å². The number of nitrogens with zero attached hydrogens (tertiary/aromatic N) is 1. The number of benzene rings is 1. The molecule has 1 atom stereocenters. The molecule has 4 nitrogen and oxygen atoms in total. The van der Waals surface area contributed by atoms with Crippen LogP contribution in [-0.4, -0.2) is 23.5 Å². The molecular formula is C17H23N3OS. The van der Waals surface area contributed by atoms with Gasteiger partial charge in [0.1, 0.15) is 4.88 Å². The smallest absolute Gasteiger partial charge is 0.263 e. The summed E-state index contributed by atoms with van der Waals surface area (Å²) in [5, 5.41) is 3.94. The van der Waals surface area contributed by atoms with Crippen molar-refractivity contribution in [2.24, 2.45) is 5.73 Å². The van der Waals surface area contributed by atoms with E-state index in [2.05, 4.69) is 17.2 Å². The number of hydrogen-bond donors (Lipinski definition) is 2. The van der Waals surface area contributed by atoms with Crippen LogP contribution in [0.15, 0.2) is 30.3 Å². The van der Waals surface area contributed by atoms with Crippen LogP contribution in [0.25, 0.3) is 11.3 Å². The summed E-state index contributed by atoms with van der Waals surface area (Å²) in [6.45, 7) is 4.52. The number of aromatic nitrogens is 1. The van der Waals surface area contributed by atoms with E-state index in [-0.39, 0.29) is 11.9 Å². The Kier molecular flexibility index (Phi) is 6.10. The predicted octanol–water partition coefficient (Wildman–Crippen LogP) is 3.37. The minimum atomic E-state index is -0.0731. The average molecular weight is 317 g/mol.